The van der Waals surface area contributed by atoms with Crippen LogP contribution >= 0.6 is 0 Å². The normalized spacial score (nSPS) is 13.9. The van der Waals surface area contributed by atoms with Crippen LogP contribution in [0.15, 0.2) is 61.2 Å². The SMILES string of the molecule is C=CCOc1c([Si](C)CCC2c3cc(C(C)(C)C)ccc3-c3ccc(C(C)(C)C)cc32)cc(C)cc1C(C)(C)C. The topological polar surface area (TPSA) is 9.23 Å². The fourth-order valence-corrected chi connectivity index (χ4v) is 8.10. The van der Waals surface area contributed by atoms with Gasteiger partial charge in [0.2, 0.25) is 0 Å². The fraction of sp³-hybridized carbons (Fsp3) is 0.474. The van der Waals surface area contributed by atoms with Crippen LogP contribution in [0, 0.1) is 6.92 Å². The lowest BCUT2D eigenvalue weighted by atomic mass is 9.83. The molecule has 1 radical (unpaired) electrons. The van der Waals surface area contributed by atoms with Crippen LogP contribution in [0.3, 0.4) is 0 Å². The maximum Gasteiger partial charge on any atom is 0.122 e. The van der Waals surface area contributed by atoms with Gasteiger partial charge in [-0.25, -0.2) is 0 Å². The second-order valence-electron chi connectivity index (χ2n) is 15.0. The van der Waals surface area contributed by atoms with Crippen LogP contribution in [0.5, 0.6) is 5.75 Å². The first kappa shape index (κ1) is 30.4. The van der Waals surface area contributed by atoms with Crippen molar-refractivity contribution in [3.8, 4) is 16.9 Å². The minimum Gasteiger partial charge on any atom is -0.489 e. The van der Waals surface area contributed by atoms with E-state index < -0.39 is 8.80 Å². The quantitative estimate of drug-likeness (QED) is 0.210. The van der Waals surface area contributed by atoms with Gasteiger partial charge >= 0.3 is 0 Å². The lowest BCUT2D eigenvalue weighted by Crippen LogP contribution is -2.32. The largest absolute Gasteiger partial charge is 0.489 e. The summed E-state index contributed by atoms with van der Waals surface area (Å²) in [5.74, 6) is 1.53. The first-order valence-electron chi connectivity index (χ1n) is 15.0. The molecule has 0 saturated carbocycles. The van der Waals surface area contributed by atoms with Crippen molar-refractivity contribution in [3.05, 3.63) is 94.6 Å². The van der Waals surface area contributed by atoms with E-state index in [0.29, 0.717) is 12.5 Å². The van der Waals surface area contributed by atoms with Gasteiger partial charge in [0.05, 0.1) is 8.80 Å². The van der Waals surface area contributed by atoms with Crippen molar-refractivity contribution in [1.82, 2.24) is 0 Å². The zero-order chi connectivity index (χ0) is 29.6. The Balaban J connectivity index is 1.75. The van der Waals surface area contributed by atoms with Crippen LogP contribution in [0.2, 0.25) is 12.6 Å². The molecule has 1 nitrogen and oxygen atoms in total. The van der Waals surface area contributed by atoms with Crippen molar-refractivity contribution in [2.75, 3.05) is 6.61 Å². The van der Waals surface area contributed by atoms with Crippen molar-refractivity contribution in [2.45, 2.75) is 110 Å². The Morgan fingerprint density at radius 2 is 1.30 bits per heavy atom. The Labute approximate surface area is 246 Å². The summed E-state index contributed by atoms with van der Waals surface area (Å²) in [5, 5.41) is 1.43. The number of benzene rings is 3. The molecular formula is C38H51OSi. The third-order valence-corrected chi connectivity index (χ3v) is 10.9. The Hall–Kier alpha value is -2.58. The molecule has 40 heavy (non-hydrogen) atoms. The number of hydrogen-bond donors (Lipinski definition) is 0. The molecule has 2 heteroatoms. The number of fused-ring (bicyclic) bond motifs is 3. The van der Waals surface area contributed by atoms with Gasteiger partial charge in [-0.05, 0) is 73.7 Å². The van der Waals surface area contributed by atoms with Crippen LogP contribution in [0.25, 0.3) is 11.1 Å². The van der Waals surface area contributed by atoms with Gasteiger partial charge in [-0.1, -0.05) is 142 Å². The molecule has 213 valence electrons. The van der Waals surface area contributed by atoms with Gasteiger partial charge in [0, 0.05) is 5.92 Å². The van der Waals surface area contributed by atoms with Crippen LogP contribution in [0.1, 0.15) is 108 Å². The Morgan fingerprint density at radius 1 is 0.775 bits per heavy atom. The third kappa shape index (κ3) is 6.18. The van der Waals surface area contributed by atoms with E-state index in [1.807, 2.05) is 6.08 Å². The van der Waals surface area contributed by atoms with Crippen molar-refractivity contribution in [2.24, 2.45) is 0 Å². The summed E-state index contributed by atoms with van der Waals surface area (Å²) >= 11 is 0. The smallest absolute Gasteiger partial charge is 0.122 e. The minimum atomic E-state index is -0.857. The van der Waals surface area contributed by atoms with Crippen LogP contribution in [-0.2, 0) is 16.2 Å². The zero-order valence-electron chi connectivity index (χ0n) is 27.0. The molecule has 3 aromatic carbocycles. The number of rotatable bonds is 7. The summed E-state index contributed by atoms with van der Waals surface area (Å²) in [7, 11) is -0.857. The molecule has 0 bridgehead atoms. The molecule has 0 N–H and O–H groups in total. The number of ether oxygens (including phenoxy) is 1. The summed E-state index contributed by atoms with van der Waals surface area (Å²) in [6, 6.07) is 20.4. The second-order valence-corrected chi connectivity index (χ2v) is 17.6. The molecule has 1 aliphatic rings. The van der Waals surface area contributed by atoms with Crippen LogP contribution in [-0.4, -0.2) is 15.4 Å². The average Bonchev–Trinajstić information content (AvgIpc) is 3.16. The molecule has 0 fully saturated rings. The molecule has 0 unspecified atom stereocenters. The maximum absolute atomic E-state index is 6.42. The minimum absolute atomic E-state index is 0.0233. The highest BCUT2D eigenvalue weighted by Gasteiger charge is 2.32. The lowest BCUT2D eigenvalue weighted by molar-refractivity contribution is 0.354. The van der Waals surface area contributed by atoms with E-state index in [1.165, 1.54) is 55.7 Å². The van der Waals surface area contributed by atoms with E-state index in [1.54, 1.807) is 0 Å². The van der Waals surface area contributed by atoms with Gasteiger partial charge in [0.1, 0.15) is 12.4 Å². The lowest BCUT2D eigenvalue weighted by Gasteiger charge is -2.28. The van der Waals surface area contributed by atoms with E-state index >= 15 is 0 Å². The van der Waals surface area contributed by atoms with Gasteiger partial charge in [-0.2, -0.15) is 0 Å². The van der Waals surface area contributed by atoms with Gasteiger partial charge in [-0.3, -0.25) is 0 Å². The highest BCUT2D eigenvalue weighted by atomic mass is 28.3. The fourth-order valence-electron chi connectivity index (χ4n) is 6.04. The predicted octanol–water partition coefficient (Wildman–Crippen LogP) is 9.99. The van der Waals surface area contributed by atoms with E-state index in [4.69, 9.17) is 4.74 Å². The average molecular weight is 552 g/mol. The predicted molar refractivity (Wildman–Crippen MR) is 177 cm³/mol. The van der Waals surface area contributed by atoms with E-state index in [9.17, 15) is 0 Å². The first-order chi connectivity index (χ1) is 18.5. The maximum atomic E-state index is 6.42. The van der Waals surface area contributed by atoms with Crippen LogP contribution in [0.4, 0.5) is 0 Å². The highest BCUT2D eigenvalue weighted by molar-refractivity contribution is 6.73. The van der Waals surface area contributed by atoms with Crippen LogP contribution < -0.4 is 9.92 Å². The van der Waals surface area contributed by atoms with Gasteiger partial charge in [-0.15, -0.1) is 0 Å². The Morgan fingerprint density at radius 3 is 1.75 bits per heavy atom. The first-order valence-corrected chi connectivity index (χ1v) is 17.2. The summed E-state index contributed by atoms with van der Waals surface area (Å²) in [4.78, 5) is 0. The zero-order valence-corrected chi connectivity index (χ0v) is 28.0. The van der Waals surface area contributed by atoms with Gasteiger partial charge in [0.15, 0.2) is 0 Å². The highest BCUT2D eigenvalue weighted by Crippen LogP contribution is 2.49. The third-order valence-electron chi connectivity index (χ3n) is 8.53. The summed E-state index contributed by atoms with van der Waals surface area (Å²) < 4.78 is 6.42. The Bertz CT molecular complexity index is 1330. The van der Waals surface area contributed by atoms with Crippen molar-refractivity contribution >= 4 is 14.0 Å². The van der Waals surface area contributed by atoms with E-state index in [0.717, 1.165) is 12.2 Å². The standard InChI is InChI=1S/C38H51OSi/c1-13-19-39-35-33(38(9,10)11)21-25(2)22-34(35)40(12)20-18-30-31-23-26(36(3,4)5)14-16-28(31)29-17-15-27(24-32(29)30)37(6,7)8/h13-17,21-24,30H,1,18-20H2,2-12H3. The molecule has 0 heterocycles. The molecule has 0 spiro atoms. The van der Waals surface area contributed by atoms with Crippen molar-refractivity contribution in [1.29, 1.82) is 0 Å². The molecule has 3 aromatic rings. The molecule has 0 saturated heterocycles. The second kappa shape index (κ2) is 11.0. The van der Waals surface area contributed by atoms with Crippen molar-refractivity contribution in [3.63, 3.8) is 0 Å². The van der Waals surface area contributed by atoms with Gasteiger partial charge in [0.25, 0.3) is 0 Å². The Kier molecular flexibility index (Phi) is 8.36. The molecule has 1 aliphatic carbocycles. The van der Waals surface area contributed by atoms with E-state index in [-0.39, 0.29) is 16.2 Å². The number of aryl methyl sites for hydroxylation is 1. The van der Waals surface area contributed by atoms with Gasteiger partial charge < -0.3 is 4.74 Å². The molecule has 0 aromatic heterocycles. The summed E-state index contributed by atoms with van der Waals surface area (Å²) in [6.45, 7) is 30.0. The molecular weight excluding hydrogens is 501 g/mol. The molecule has 0 aliphatic heterocycles. The molecule has 4 rings (SSSR count). The summed E-state index contributed by atoms with van der Waals surface area (Å²) in [6.07, 6.45) is 3.02. The molecule has 0 atom stereocenters. The number of hydrogen-bond acceptors (Lipinski definition) is 1. The molecule has 0 amide bonds. The van der Waals surface area contributed by atoms with E-state index in [2.05, 4.69) is 131 Å². The summed E-state index contributed by atoms with van der Waals surface area (Å²) in [5.41, 5.74) is 11.7. The monoisotopic (exact) mass is 551 g/mol. The van der Waals surface area contributed by atoms with Crippen molar-refractivity contribution < 1.29 is 4.74 Å².